The summed E-state index contributed by atoms with van der Waals surface area (Å²) in [5.74, 6) is 0.147. The first-order valence-corrected chi connectivity index (χ1v) is 12.2. The Labute approximate surface area is 200 Å². The summed E-state index contributed by atoms with van der Waals surface area (Å²) in [5.41, 5.74) is 1.67. The molecule has 4 aliphatic carbocycles. The zero-order valence-electron chi connectivity index (χ0n) is 19.8. The average molecular weight is 461 g/mol. The molecular formula is C28H32N2O4. The normalized spacial score (nSPS) is 29.8. The molecule has 6 nitrogen and oxygen atoms in total. The van der Waals surface area contributed by atoms with Crippen LogP contribution in [0.15, 0.2) is 54.6 Å². The van der Waals surface area contributed by atoms with E-state index in [0.29, 0.717) is 23.9 Å². The molecule has 2 N–H and O–H groups in total. The Hall–Kier alpha value is -3.15. The SMILES string of the molecule is CC(=O)NC12C[C@H]3C[C@@H](C1)CC(C(=O)O[C@H](C)C(=O)Nc1ccccc1-c1ccccc1)(C3)C2. The first-order chi connectivity index (χ1) is 16.3. The van der Waals surface area contributed by atoms with Crippen LogP contribution in [0.25, 0.3) is 11.1 Å². The highest BCUT2D eigenvalue weighted by atomic mass is 16.5. The van der Waals surface area contributed by atoms with Crippen LogP contribution >= 0.6 is 0 Å². The lowest BCUT2D eigenvalue weighted by atomic mass is 9.47. The van der Waals surface area contributed by atoms with E-state index in [-0.39, 0.29) is 23.3 Å². The number of para-hydroxylation sites is 1. The number of carbonyl (C=O) groups excluding carboxylic acids is 3. The third kappa shape index (κ3) is 4.22. The fourth-order valence-electron chi connectivity index (χ4n) is 7.06. The van der Waals surface area contributed by atoms with Crippen molar-refractivity contribution in [2.45, 2.75) is 64.0 Å². The minimum absolute atomic E-state index is 0.0460. The predicted octanol–water partition coefficient (Wildman–Crippen LogP) is 4.70. The van der Waals surface area contributed by atoms with Gasteiger partial charge in [-0.25, -0.2) is 0 Å². The maximum Gasteiger partial charge on any atom is 0.312 e. The molecule has 0 aliphatic heterocycles. The zero-order chi connectivity index (χ0) is 23.9. The summed E-state index contributed by atoms with van der Waals surface area (Å²) in [4.78, 5) is 38.4. The summed E-state index contributed by atoms with van der Waals surface area (Å²) >= 11 is 0. The van der Waals surface area contributed by atoms with Gasteiger partial charge in [0, 0.05) is 23.7 Å². The van der Waals surface area contributed by atoms with Crippen molar-refractivity contribution < 1.29 is 19.1 Å². The monoisotopic (exact) mass is 460 g/mol. The molecule has 34 heavy (non-hydrogen) atoms. The summed E-state index contributed by atoms with van der Waals surface area (Å²) < 4.78 is 5.80. The van der Waals surface area contributed by atoms with E-state index in [1.54, 1.807) is 13.8 Å². The van der Waals surface area contributed by atoms with E-state index in [4.69, 9.17) is 4.74 Å². The maximum atomic E-state index is 13.5. The number of ether oxygens (including phenoxy) is 1. The molecule has 4 saturated carbocycles. The van der Waals surface area contributed by atoms with Crippen LogP contribution in [0.4, 0.5) is 5.69 Å². The highest BCUT2D eigenvalue weighted by molar-refractivity contribution is 5.98. The number of rotatable bonds is 6. The average Bonchev–Trinajstić information content (AvgIpc) is 2.78. The minimum atomic E-state index is -0.916. The molecule has 2 unspecified atom stereocenters. The molecule has 0 saturated heterocycles. The molecule has 0 heterocycles. The smallest absolute Gasteiger partial charge is 0.312 e. The van der Waals surface area contributed by atoms with Gasteiger partial charge in [-0.1, -0.05) is 48.5 Å². The molecule has 0 radical (unpaired) electrons. The number of carbonyl (C=O) groups is 3. The van der Waals surface area contributed by atoms with Crippen LogP contribution in [0.3, 0.4) is 0 Å². The fourth-order valence-corrected chi connectivity index (χ4v) is 7.06. The minimum Gasteiger partial charge on any atom is -0.452 e. The van der Waals surface area contributed by atoms with Gasteiger partial charge in [0.25, 0.3) is 5.91 Å². The first-order valence-electron chi connectivity index (χ1n) is 12.2. The molecular weight excluding hydrogens is 428 g/mol. The Morgan fingerprint density at radius 2 is 1.59 bits per heavy atom. The fraction of sp³-hybridized carbons (Fsp3) is 0.464. The van der Waals surface area contributed by atoms with Gasteiger partial charge < -0.3 is 15.4 Å². The van der Waals surface area contributed by atoms with Crippen molar-refractivity contribution in [1.82, 2.24) is 5.32 Å². The van der Waals surface area contributed by atoms with E-state index in [1.807, 2.05) is 54.6 Å². The summed E-state index contributed by atoms with van der Waals surface area (Å²) in [6.45, 7) is 3.17. The Kier molecular flexibility index (Phi) is 5.70. The number of esters is 1. The van der Waals surface area contributed by atoms with E-state index >= 15 is 0 Å². The number of hydrogen-bond acceptors (Lipinski definition) is 4. The second-order valence-electron chi connectivity index (χ2n) is 10.7. The van der Waals surface area contributed by atoms with E-state index < -0.39 is 11.5 Å². The van der Waals surface area contributed by atoms with Crippen molar-refractivity contribution in [1.29, 1.82) is 0 Å². The molecule has 5 atom stereocenters. The second kappa shape index (κ2) is 8.57. The van der Waals surface area contributed by atoms with Gasteiger partial charge in [-0.3, -0.25) is 14.4 Å². The Balaban J connectivity index is 1.29. The second-order valence-corrected chi connectivity index (χ2v) is 10.7. The molecule has 178 valence electrons. The van der Waals surface area contributed by atoms with Crippen LogP contribution in [-0.2, 0) is 19.1 Å². The van der Waals surface area contributed by atoms with Crippen LogP contribution in [0.5, 0.6) is 0 Å². The number of nitrogens with one attached hydrogen (secondary N) is 2. The quantitative estimate of drug-likeness (QED) is 0.612. The van der Waals surface area contributed by atoms with Crippen LogP contribution in [-0.4, -0.2) is 29.4 Å². The van der Waals surface area contributed by atoms with Crippen molar-refractivity contribution in [3.05, 3.63) is 54.6 Å². The van der Waals surface area contributed by atoms with Crippen molar-refractivity contribution >= 4 is 23.5 Å². The highest BCUT2D eigenvalue weighted by Crippen LogP contribution is 2.62. The first kappa shape index (κ1) is 22.6. The molecule has 4 aliphatic rings. The highest BCUT2D eigenvalue weighted by Gasteiger charge is 2.61. The van der Waals surface area contributed by atoms with Crippen LogP contribution in [0.2, 0.25) is 0 Å². The van der Waals surface area contributed by atoms with Gasteiger partial charge in [0.1, 0.15) is 0 Å². The number of benzene rings is 2. The van der Waals surface area contributed by atoms with Crippen molar-refractivity contribution in [3.8, 4) is 11.1 Å². The molecule has 0 aromatic heterocycles. The molecule has 2 aromatic rings. The number of anilines is 1. The largest absolute Gasteiger partial charge is 0.452 e. The zero-order valence-corrected chi connectivity index (χ0v) is 19.8. The van der Waals surface area contributed by atoms with Crippen LogP contribution < -0.4 is 10.6 Å². The lowest BCUT2D eigenvalue weighted by Crippen LogP contribution is -2.65. The lowest BCUT2D eigenvalue weighted by molar-refractivity contribution is -0.181. The summed E-state index contributed by atoms with van der Waals surface area (Å²) in [7, 11) is 0. The van der Waals surface area contributed by atoms with Crippen molar-refractivity contribution in [3.63, 3.8) is 0 Å². The Morgan fingerprint density at radius 3 is 2.26 bits per heavy atom. The van der Waals surface area contributed by atoms with Crippen molar-refractivity contribution in [2.24, 2.45) is 17.3 Å². The molecule has 2 aromatic carbocycles. The van der Waals surface area contributed by atoms with Gasteiger partial charge in [0.05, 0.1) is 5.41 Å². The van der Waals surface area contributed by atoms with Gasteiger partial charge in [0.2, 0.25) is 5.91 Å². The number of hydrogen-bond donors (Lipinski definition) is 2. The molecule has 2 amide bonds. The molecule has 0 spiro atoms. The molecule has 4 fully saturated rings. The van der Waals surface area contributed by atoms with E-state index in [1.165, 1.54) is 0 Å². The van der Waals surface area contributed by atoms with Crippen LogP contribution in [0, 0.1) is 17.3 Å². The third-order valence-electron chi connectivity index (χ3n) is 7.86. The predicted molar refractivity (Wildman–Crippen MR) is 130 cm³/mol. The number of amides is 2. The molecule has 6 heteroatoms. The van der Waals surface area contributed by atoms with Crippen molar-refractivity contribution in [2.75, 3.05) is 5.32 Å². The summed E-state index contributed by atoms with van der Waals surface area (Å²) in [6, 6.07) is 17.5. The van der Waals surface area contributed by atoms with Gasteiger partial charge in [0.15, 0.2) is 6.10 Å². The Bertz CT molecular complexity index is 1100. The van der Waals surface area contributed by atoms with Gasteiger partial charge >= 0.3 is 5.97 Å². The standard InChI is InChI=1S/C28H32N2O4/c1-18(25(32)29-24-11-7-6-10-23(24)22-8-4-3-5-9-22)34-26(33)27-13-20-12-21(14-27)16-28(15-20,17-27)30-19(2)31/h3-11,18,20-21H,12-17H2,1-2H3,(H,29,32)(H,30,31)/t18-,20-,21+,27?,28?/m1/s1. The maximum absolute atomic E-state index is 13.5. The lowest BCUT2D eigenvalue weighted by Gasteiger charge is -2.60. The molecule has 4 bridgehead atoms. The topological polar surface area (TPSA) is 84.5 Å². The Morgan fingerprint density at radius 1 is 0.941 bits per heavy atom. The molecule has 6 rings (SSSR count). The van der Waals surface area contributed by atoms with Gasteiger partial charge in [-0.15, -0.1) is 0 Å². The van der Waals surface area contributed by atoms with Gasteiger partial charge in [-0.2, -0.15) is 0 Å². The van der Waals surface area contributed by atoms with E-state index in [2.05, 4.69) is 10.6 Å². The summed E-state index contributed by atoms with van der Waals surface area (Å²) in [6.07, 6.45) is 4.25. The van der Waals surface area contributed by atoms with Crippen LogP contribution in [0.1, 0.15) is 52.4 Å². The summed E-state index contributed by atoms with van der Waals surface area (Å²) in [5, 5.41) is 6.12. The third-order valence-corrected chi connectivity index (χ3v) is 7.86. The van der Waals surface area contributed by atoms with E-state index in [9.17, 15) is 14.4 Å². The van der Waals surface area contributed by atoms with E-state index in [0.717, 1.165) is 43.2 Å². The van der Waals surface area contributed by atoms with Gasteiger partial charge in [-0.05, 0) is 68.9 Å².